The normalized spacial score (nSPS) is 11.0. The van der Waals surface area contributed by atoms with Crippen LogP contribution >= 0.6 is 11.9 Å². The molecule has 0 fully saturated rings. The predicted molar refractivity (Wildman–Crippen MR) is 104 cm³/mol. The molecule has 3 heteroatoms. The largest absolute Gasteiger partial charge is 0.309 e. The van der Waals surface area contributed by atoms with Crippen LogP contribution in [-0.4, -0.2) is 11.6 Å². The summed E-state index contributed by atoms with van der Waals surface area (Å²) in [6, 6.07) is 30.0. The van der Waals surface area contributed by atoms with Crippen molar-refractivity contribution in [3.63, 3.8) is 0 Å². The van der Waals surface area contributed by atoms with Crippen molar-refractivity contribution >= 4 is 22.9 Å². The molecule has 118 valence electrons. The van der Waals surface area contributed by atoms with Crippen LogP contribution in [0.5, 0.6) is 0 Å². The van der Waals surface area contributed by atoms with E-state index in [1.165, 1.54) is 32.7 Å². The molecule has 0 aliphatic rings. The lowest BCUT2D eigenvalue weighted by atomic mass is 10.1. The highest BCUT2D eigenvalue weighted by atomic mass is 32.2. The average molecular weight is 330 g/mol. The molecule has 0 aliphatic carbocycles. The first-order valence-corrected chi connectivity index (χ1v) is 8.78. The predicted octanol–water partition coefficient (Wildman–Crippen LogP) is 5.52. The molecule has 0 bridgehead atoms. The summed E-state index contributed by atoms with van der Waals surface area (Å²) < 4.78 is 5.49. The molecule has 0 spiro atoms. The lowest BCUT2D eigenvalue weighted by molar-refractivity contribution is 1.12. The maximum absolute atomic E-state index is 3.15. The average Bonchev–Trinajstić information content (AvgIpc) is 3.02. The molecule has 0 radical (unpaired) electrons. The van der Waals surface area contributed by atoms with Crippen LogP contribution in [0.1, 0.15) is 0 Å². The van der Waals surface area contributed by atoms with Crippen LogP contribution in [0.3, 0.4) is 0 Å². The lowest BCUT2D eigenvalue weighted by Crippen LogP contribution is -1.98. The van der Waals surface area contributed by atoms with Gasteiger partial charge < -0.3 is 4.57 Å². The number of hydrogen-bond acceptors (Lipinski definition) is 2. The van der Waals surface area contributed by atoms with E-state index >= 15 is 0 Å². The van der Waals surface area contributed by atoms with Crippen molar-refractivity contribution in [2.45, 2.75) is 4.90 Å². The maximum Gasteiger partial charge on any atom is 0.0540 e. The van der Waals surface area contributed by atoms with Crippen LogP contribution in [0.25, 0.3) is 27.8 Å². The van der Waals surface area contributed by atoms with Gasteiger partial charge in [0.15, 0.2) is 0 Å². The van der Waals surface area contributed by atoms with Gasteiger partial charge in [-0.3, -0.25) is 4.72 Å². The number of fused-ring (bicyclic) bond motifs is 1. The monoisotopic (exact) mass is 330 g/mol. The number of para-hydroxylation sites is 1. The van der Waals surface area contributed by atoms with Crippen molar-refractivity contribution in [1.29, 1.82) is 0 Å². The molecule has 0 amide bonds. The molecule has 0 aliphatic heterocycles. The third-order valence-electron chi connectivity index (χ3n) is 4.08. The zero-order chi connectivity index (χ0) is 16.4. The second-order valence-electron chi connectivity index (χ2n) is 5.59. The molecule has 1 heterocycles. The molecule has 2 nitrogen and oxygen atoms in total. The highest BCUT2D eigenvalue weighted by molar-refractivity contribution is 7.97. The summed E-state index contributed by atoms with van der Waals surface area (Å²) in [6.45, 7) is 0. The molecular formula is C21H18N2S. The van der Waals surface area contributed by atoms with E-state index in [0.29, 0.717) is 0 Å². The Hall–Kier alpha value is -2.49. The molecule has 0 saturated carbocycles. The summed E-state index contributed by atoms with van der Waals surface area (Å²) in [7, 11) is 1.94. The molecule has 0 saturated heterocycles. The van der Waals surface area contributed by atoms with E-state index in [9.17, 15) is 0 Å². The Balaban J connectivity index is 1.98. The van der Waals surface area contributed by atoms with Crippen LogP contribution in [0, 0.1) is 0 Å². The maximum atomic E-state index is 3.15. The van der Waals surface area contributed by atoms with Crippen LogP contribution in [0.15, 0.2) is 89.8 Å². The van der Waals surface area contributed by atoms with Gasteiger partial charge in [-0.15, -0.1) is 0 Å². The summed E-state index contributed by atoms with van der Waals surface area (Å²) in [5.41, 5.74) is 4.84. The fourth-order valence-electron chi connectivity index (χ4n) is 3.06. The summed E-state index contributed by atoms with van der Waals surface area (Å²) in [6.07, 6.45) is 0. The Kier molecular flexibility index (Phi) is 4.11. The zero-order valence-corrected chi connectivity index (χ0v) is 14.3. The third kappa shape index (κ3) is 2.73. The van der Waals surface area contributed by atoms with Crippen LogP contribution < -0.4 is 4.72 Å². The smallest absolute Gasteiger partial charge is 0.0540 e. The van der Waals surface area contributed by atoms with Crippen molar-refractivity contribution in [1.82, 2.24) is 9.29 Å². The minimum Gasteiger partial charge on any atom is -0.309 e. The standard InChI is InChI=1S/C21H18N2S/c1-22-24-19-12-7-11-18(15-19)23-20-13-6-5-10-17(20)14-21(23)16-8-3-2-4-9-16/h2-15,22H,1H3. The number of rotatable bonds is 4. The minimum atomic E-state index is 1.18. The molecule has 1 aromatic heterocycles. The zero-order valence-electron chi connectivity index (χ0n) is 13.4. The van der Waals surface area contributed by atoms with E-state index in [0.717, 1.165) is 0 Å². The molecule has 1 N–H and O–H groups in total. The van der Waals surface area contributed by atoms with Crippen molar-refractivity contribution in [2.24, 2.45) is 0 Å². The Morgan fingerprint density at radius 3 is 2.42 bits per heavy atom. The van der Waals surface area contributed by atoms with Gasteiger partial charge in [-0.1, -0.05) is 54.6 Å². The molecule has 24 heavy (non-hydrogen) atoms. The van der Waals surface area contributed by atoms with Crippen molar-refractivity contribution in [3.8, 4) is 16.9 Å². The highest BCUT2D eigenvalue weighted by Crippen LogP contribution is 2.32. The van der Waals surface area contributed by atoms with Gasteiger partial charge in [-0.2, -0.15) is 0 Å². The molecule has 0 unspecified atom stereocenters. The topological polar surface area (TPSA) is 17.0 Å². The summed E-state index contributed by atoms with van der Waals surface area (Å²) in [5.74, 6) is 0. The third-order valence-corrected chi connectivity index (χ3v) is 4.77. The van der Waals surface area contributed by atoms with Crippen molar-refractivity contribution in [3.05, 3.63) is 84.9 Å². The number of aromatic nitrogens is 1. The Morgan fingerprint density at radius 2 is 1.58 bits per heavy atom. The lowest BCUT2D eigenvalue weighted by Gasteiger charge is -2.12. The van der Waals surface area contributed by atoms with Crippen molar-refractivity contribution in [2.75, 3.05) is 7.05 Å². The van der Waals surface area contributed by atoms with Crippen molar-refractivity contribution < 1.29 is 0 Å². The number of benzene rings is 3. The van der Waals surface area contributed by atoms with Crippen LogP contribution in [0.4, 0.5) is 0 Å². The van der Waals surface area contributed by atoms with E-state index in [1.807, 2.05) is 7.05 Å². The molecule has 4 aromatic rings. The van der Waals surface area contributed by atoms with E-state index in [-0.39, 0.29) is 0 Å². The molecule has 3 aromatic carbocycles. The van der Waals surface area contributed by atoms with Gasteiger partial charge in [0.2, 0.25) is 0 Å². The Bertz CT molecular complexity index is 973. The fourth-order valence-corrected chi connectivity index (χ4v) is 3.62. The number of nitrogens with zero attached hydrogens (tertiary/aromatic N) is 1. The van der Waals surface area contributed by atoms with E-state index < -0.39 is 0 Å². The first-order valence-electron chi connectivity index (χ1n) is 7.97. The molecule has 0 atom stereocenters. The van der Waals surface area contributed by atoms with Gasteiger partial charge in [-0.05, 0) is 54.9 Å². The number of nitrogens with one attached hydrogen (secondary N) is 1. The van der Waals surface area contributed by atoms with E-state index in [4.69, 9.17) is 0 Å². The minimum absolute atomic E-state index is 1.18. The van der Waals surface area contributed by atoms with E-state index in [2.05, 4.69) is 94.2 Å². The van der Waals surface area contributed by atoms with Gasteiger partial charge >= 0.3 is 0 Å². The quantitative estimate of drug-likeness (QED) is 0.496. The summed E-state index contributed by atoms with van der Waals surface area (Å²) >= 11 is 1.63. The highest BCUT2D eigenvalue weighted by Gasteiger charge is 2.12. The Morgan fingerprint density at radius 1 is 0.792 bits per heavy atom. The van der Waals surface area contributed by atoms with Crippen LogP contribution in [0.2, 0.25) is 0 Å². The van der Waals surface area contributed by atoms with E-state index in [1.54, 1.807) is 11.9 Å². The first kappa shape index (κ1) is 15.1. The summed E-state index contributed by atoms with van der Waals surface area (Å²) in [4.78, 5) is 1.20. The second-order valence-corrected chi connectivity index (χ2v) is 6.68. The molecule has 4 rings (SSSR count). The fraction of sp³-hybridized carbons (Fsp3) is 0.0476. The number of hydrogen-bond donors (Lipinski definition) is 1. The summed E-state index contributed by atoms with van der Waals surface area (Å²) in [5, 5.41) is 1.25. The van der Waals surface area contributed by atoms with Gasteiger partial charge in [0, 0.05) is 16.0 Å². The van der Waals surface area contributed by atoms with Gasteiger partial charge in [0.1, 0.15) is 0 Å². The Labute approximate surface area is 146 Å². The second kappa shape index (κ2) is 6.56. The molecular weight excluding hydrogens is 312 g/mol. The SMILES string of the molecule is CNSc1cccc(-n2c(-c3ccccc3)cc3ccccc32)c1. The first-order chi connectivity index (χ1) is 11.9. The van der Waals surface area contributed by atoms with Gasteiger partial charge in [0.05, 0.1) is 11.2 Å². The van der Waals surface area contributed by atoms with Crippen LogP contribution in [-0.2, 0) is 0 Å². The van der Waals surface area contributed by atoms with Gasteiger partial charge in [-0.25, -0.2) is 0 Å². The van der Waals surface area contributed by atoms with Gasteiger partial charge in [0.25, 0.3) is 0 Å².